The Hall–Kier alpha value is -1.05. The van der Waals surface area contributed by atoms with Crippen molar-refractivity contribution in [2.45, 2.75) is 90.3 Å². The van der Waals surface area contributed by atoms with Crippen LogP contribution in [-0.4, -0.2) is 43.2 Å². The normalized spacial score (nSPS) is 22.6. The fourth-order valence-electron chi connectivity index (χ4n) is 2.61. The fraction of sp³-hybridized carbons (Fsp3) is 0.789. The Morgan fingerprint density at radius 3 is 2.19 bits per heavy atom. The van der Waals surface area contributed by atoms with Gasteiger partial charge in [0.15, 0.2) is 8.32 Å². The average molecular weight is 420 g/mol. The van der Waals surface area contributed by atoms with Crippen molar-refractivity contribution in [1.82, 2.24) is 5.32 Å². The molecule has 1 rings (SSSR count). The van der Waals surface area contributed by atoms with Crippen LogP contribution in [0.1, 0.15) is 54.4 Å². The number of carbonyl (C=O) groups is 2. The number of alkyl carbamates (subject to hydrolysis) is 1. The third-order valence-corrected chi connectivity index (χ3v) is 9.97. The van der Waals surface area contributed by atoms with Crippen molar-refractivity contribution in [3.05, 3.63) is 11.1 Å². The van der Waals surface area contributed by atoms with Crippen molar-refractivity contribution in [3.63, 3.8) is 0 Å². The van der Waals surface area contributed by atoms with E-state index in [9.17, 15) is 14.7 Å². The number of hydrogen-bond acceptors (Lipinski definition) is 4. The van der Waals surface area contributed by atoms with E-state index in [4.69, 9.17) is 20.8 Å². The van der Waals surface area contributed by atoms with Gasteiger partial charge in [0, 0.05) is 11.0 Å². The molecule has 0 heterocycles. The molecule has 0 saturated carbocycles. The van der Waals surface area contributed by atoms with Gasteiger partial charge in [0.1, 0.15) is 11.6 Å². The maximum Gasteiger partial charge on any atom is 0.408 e. The number of carbonyl (C=O) groups excluding carboxylic acids is 1. The average Bonchev–Trinajstić information content (AvgIpc) is 2.41. The first kappa shape index (κ1) is 24.0. The molecule has 0 radical (unpaired) electrons. The van der Waals surface area contributed by atoms with Crippen LogP contribution in [0.5, 0.6) is 0 Å². The van der Waals surface area contributed by atoms with E-state index in [1.165, 1.54) is 0 Å². The van der Waals surface area contributed by atoms with Crippen molar-refractivity contribution in [1.29, 1.82) is 0 Å². The van der Waals surface area contributed by atoms with E-state index >= 15 is 0 Å². The second-order valence-electron chi connectivity index (χ2n) is 9.61. The monoisotopic (exact) mass is 419 g/mol. The van der Waals surface area contributed by atoms with Crippen molar-refractivity contribution in [2.75, 3.05) is 0 Å². The summed E-state index contributed by atoms with van der Waals surface area (Å²) in [6.45, 7) is 16.0. The van der Waals surface area contributed by atoms with Crippen molar-refractivity contribution in [2.24, 2.45) is 5.92 Å². The minimum absolute atomic E-state index is 0.0754. The van der Waals surface area contributed by atoms with E-state index in [0.29, 0.717) is 17.9 Å². The molecule has 0 unspecified atom stereocenters. The number of amides is 1. The Labute approximate surface area is 168 Å². The first-order valence-electron chi connectivity index (χ1n) is 9.31. The predicted octanol–water partition coefficient (Wildman–Crippen LogP) is 4.89. The second-order valence-corrected chi connectivity index (χ2v) is 14.8. The second kappa shape index (κ2) is 8.53. The Morgan fingerprint density at radius 1 is 1.22 bits per heavy atom. The number of carboxylic acids is 1. The lowest BCUT2D eigenvalue weighted by Gasteiger charge is -2.40. The fourth-order valence-corrected chi connectivity index (χ4v) is 4.28. The standard InChI is InChI=1S/C19H34ClNO5Si/c1-18(2,3)25-17(24)21-15(16(22)23)13-10-9-12(11-14(13)20)26-27(7,8)19(4,5)6/h11-13,15H,9-10H2,1-8H3,(H,21,24)(H,22,23)/t12-,13+,15+/m0/s1. The van der Waals surface area contributed by atoms with Crippen molar-refractivity contribution in [3.8, 4) is 0 Å². The zero-order chi connectivity index (χ0) is 21.2. The largest absolute Gasteiger partial charge is 0.480 e. The van der Waals surface area contributed by atoms with Gasteiger partial charge in [0.05, 0.1) is 6.10 Å². The molecule has 0 aromatic rings. The lowest BCUT2D eigenvalue weighted by molar-refractivity contribution is -0.140. The maximum atomic E-state index is 12.0. The van der Waals surface area contributed by atoms with Gasteiger partial charge in [-0.05, 0) is 57.8 Å². The molecule has 156 valence electrons. The molecular formula is C19H34ClNO5Si. The highest BCUT2D eigenvalue weighted by molar-refractivity contribution is 6.74. The minimum atomic E-state index is -1.96. The summed E-state index contributed by atoms with van der Waals surface area (Å²) >= 11 is 6.42. The van der Waals surface area contributed by atoms with Gasteiger partial charge in [-0.25, -0.2) is 9.59 Å². The maximum absolute atomic E-state index is 12.0. The van der Waals surface area contributed by atoms with Gasteiger partial charge < -0.3 is 19.6 Å². The highest BCUT2D eigenvalue weighted by Crippen LogP contribution is 2.40. The highest BCUT2D eigenvalue weighted by atomic mass is 35.5. The molecule has 1 amide bonds. The molecule has 6 nitrogen and oxygen atoms in total. The van der Waals surface area contributed by atoms with Gasteiger partial charge in [-0.15, -0.1) is 0 Å². The summed E-state index contributed by atoms with van der Waals surface area (Å²) < 4.78 is 11.5. The van der Waals surface area contributed by atoms with E-state index in [1.54, 1.807) is 26.8 Å². The van der Waals surface area contributed by atoms with Crippen LogP contribution in [0.25, 0.3) is 0 Å². The highest BCUT2D eigenvalue weighted by Gasteiger charge is 2.41. The molecule has 0 saturated heterocycles. The van der Waals surface area contributed by atoms with E-state index < -0.39 is 37.9 Å². The Bertz CT molecular complexity index is 592. The van der Waals surface area contributed by atoms with E-state index in [1.807, 2.05) is 0 Å². The van der Waals surface area contributed by atoms with Crippen LogP contribution >= 0.6 is 11.6 Å². The molecule has 0 aromatic carbocycles. The summed E-state index contributed by atoms with van der Waals surface area (Å²) in [4.78, 5) is 23.7. The van der Waals surface area contributed by atoms with Crippen molar-refractivity contribution < 1.29 is 23.9 Å². The summed E-state index contributed by atoms with van der Waals surface area (Å²) in [5, 5.41) is 12.5. The third kappa shape index (κ3) is 7.12. The van der Waals surface area contributed by atoms with E-state index in [0.717, 1.165) is 0 Å². The Kier molecular flexibility index (Phi) is 7.58. The Balaban J connectivity index is 2.88. The quantitative estimate of drug-likeness (QED) is 0.620. The lowest BCUT2D eigenvalue weighted by Crippen LogP contribution is -2.49. The van der Waals surface area contributed by atoms with Gasteiger partial charge >= 0.3 is 12.1 Å². The first-order chi connectivity index (χ1) is 12.0. The van der Waals surface area contributed by atoms with Gasteiger partial charge in [-0.3, -0.25) is 0 Å². The van der Waals surface area contributed by atoms with E-state index in [2.05, 4.69) is 39.2 Å². The summed E-state index contributed by atoms with van der Waals surface area (Å²) in [5.41, 5.74) is -0.707. The minimum Gasteiger partial charge on any atom is -0.480 e. The van der Waals surface area contributed by atoms with Gasteiger partial charge in [-0.2, -0.15) is 0 Å². The molecule has 0 spiro atoms. The molecule has 2 N–H and O–H groups in total. The number of halogens is 1. The predicted molar refractivity (Wildman–Crippen MR) is 110 cm³/mol. The van der Waals surface area contributed by atoms with Gasteiger partial charge in [-0.1, -0.05) is 32.4 Å². The van der Waals surface area contributed by atoms with Crippen LogP contribution in [0.2, 0.25) is 18.1 Å². The zero-order valence-electron chi connectivity index (χ0n) is 17.7. The number of carboxylic acid groups (broad SMARTS) is 1. The molecule has 0 aliphatic heterocycles. The number of rotatable bonds is 5. The summed E-state index contributed by atoms with van der Waals surface area (Å²) in [6, 6.07) is -1.14. The van der Waals surface area contributed by atoms with E-state index in [-0.39, 0.29) is 11.1 Å². The number of ether oxygens (including phenoxy) is 1. The molecule has 0 bridgehead atoms. The van der Waals surface area contributed by atoms with Crippen LogP contribution < -0.4 is 5.32 Å². The zero-order valence-corrected chi connectivity index (χ0v) is 19.4. The van der Waals surface area contributed by atoms with Crippen LogP contribution in [-0.2, 0) is 14.0 Å². The van der Waals surface area contributed by atoms with Crippen LogP contribution in [0.3, 0.4) is 0 Å². The Morgan fingerprint density at radius 2 is 1.78 bits per heavy atom. The molecule has 0 fully saturated rings. The summed E-state index contributed by atoms with van der Waals surface area (Å²) in [5.74, 6) is -1.64. The topological polar surface area (TPSA) is 84.9 Å². The van der Waals surface area contributed by atoms with Crippen LogP contribution in [0.4, 0.5) is 4.79 Å². The van der Waals surface area contributed by atoms with Gasteiger partial charge in [0.25, 0.3) is 0 Å². The summed E-state index contributed by atoms with van der Waals surface area (Å²) in [6.07, 6.45) is 2.07. The number of hydrogen-bond donors (Lipinski definition) is 2. The smallest absolute Gasteiger partial charge is 0.408 e. The van der Waals surface area contributed by atoms with Gasteiger partial charge in [0.2, 0.25) is 0 Å². The number of aliphatic carboxylic acids is 1. The third-order valence-electron chi connectivity index (χ3n) is 5.05. The molecule has 8 heteroatoms. The van der Waals surface area contributed by atoms with Crippen LogP contribution in [0.15, 0.2) is 11.1 Å². The SMILES string of the molecule is CC(C)(C)OC(=O)N[C@@H](C(=O)O)[C@@H]1CC[C@H](O[Si](C)(C)C(C)(C)C)C=C1Cl. The molecule has 1 aliphatic carbocycles. The number of nitrogens with one attached hydrogen (secondary N) is 1. The molecule has 1 aliphatic rings. The summed E-state index contributed by atoms with van der Waals surface area (Å²) in [7, 11) is -1.96. The van der Waals surface area contributed by atoms with Crippen LogP contribution in [0, 0.1) is 5.92 Å². The molecule has 3 atom stereocenters. The molecule has 0 aromatic heterocycles. The first-order valence-corrected chi connectivity index (χ1v) is 12.6. The lowest BCUT2D eigenvalue weighted by atomic mass is 9.88. The molecule has 27 heavy (non-hydrogen) atoms. The van der Waals surface area contributed by atoms with Crippen molar-refractivity contribution >= 4 is 32.0 Å². The molecular weight excluding hydrogens is 386 g/mol.